The van der Waals surface area contributed by atoms with Crippen LogP contribution in [0.15, 0.2) is 12.1 Å². The summed E-state index contributed by atoms with van der Waals surface area (Å²) in [6.45, 7) is 18.1. The van der Waals surface area contributed by atoms with Crippen LogP contribution < -0.4 is 4.74 Å². The molecule has 2 aliphatic heterocycles. The molecule has 0 unspecified atom stereocenters. The number of fused-ring (bicyclic) bond motifs is 1. The Bertz CT molecular complexity index is 824. The van der Waals surface area contributed by atoms with Crippen molar-refractivity contribution in [2.45, 2.75) is 102 Å². The maximum absolute atomic E-state index is 7.28. The molecule has 0 amide bonds. The van der Waals surface area contributed by atoms with Crippen molar-refractivity contribution in [1.82, 2.24) is 4.98 Å². The van der Waals surface area contributed by atoms with Crippen LogP contribution in [-0.2, 0) is 22.4 Å². The van der Waals surface area contributed by atoms with Gasteiger partial charge in [-0.3, -0.25) is 0 Å². The molecule has 34 heavy (non-hydrogen) atoms. The topological polar surface area (TPSA) is 68.3 Å². The Morgan fingerprint density at radius 3 is 2.00 bits per heavy atom. The molecule has 2 saturated heterocycles. The molecule has 0 bridgehead atoms. The van der Waals surface area contributed by atoms with Crippen LogP contribution in [0.1, 0.15) is 67.1 Å². The summed E-state index contributed by atoms with van der Waals surface area (Å²) in [4.78, 5) is 4.34. The van der Waals surface area contributed by atoms with Gasteiger partial charge in [-0.1, -0.05) is 67.0 Å². The van der Waals surface area contributed by atoms with Crippen LogP contribution in [0, 0.1) is 0 Å². The van der Waals surface area contributed by atoms with Gasteiger partial charge in [-0.15, -0.1) is 0 Å². The molecule has 194 valence electrons. The van der Waals surface area contributed by atoms with Gasteiger partial charge in [0.25, 0.3) is 0 Å². The zero-order chi connectivity index (χ0) is 25.4. The third-order valence-corrected chi connectivity index (χ3v) is 17.8. The fourth-order valence-corrected chi connectivity index (χ4v) is 16.9. The van der Waals surface area contributed by atoms with Gasteiger partial charge in [0.2, 0.25) is 5.88 Å². The Labute approximate surface area is 212 Å². The maximum atomic E-state index is 7.28. The lowest BCUT2D eigenvalue weighted by Gasteiger charge is -2.51. The van der Waals surface area contributed by atoms with Crippen molar-refractivity contribution in [2.24, 2.45) is 0 Å². The van der Waals surface area contributed by atoms with Crippen molar-refractivity contribution in [3.63, 3.8) is 0 Å². The van der Waals surface area contributed by atoms with E-state index in [0.717, 1.165) is 5.56 Å². The van der Waals surface area contributed by atoms with Gasteiger partial charge in [0, 0.05) is 18.7 Å². The summed E-state index contributed by atoms with van der Waals surface area (Å²) in [5.74, 6) is 0.454. The minimum atomic E-state index is -2.78. The third kappa shape index (κ3) is 4.87. The van der Waals surface area contributed by atoms with Crippen LogP contribution in [-0.4, -0.2) is 61.2 Å². The summed E-state index contributed by atoms with van der Waals surface area (Å²) < 4.78 is 39.1. The minimum Gasteiger partial charge on any atom is -0.481 e. The van der Waals surface area contributed by atoms with E-state index in [9.17, 15) is 0 Å². The average molecular weight is 532 g/mol. The molecular formula is C24H42ClNO6Si2. The molecule has 0 aromatic carbocycles. The fraction of sp³-hybridized carbons (Fsp3) is 0.792. The second-order valence-corrected chi connectivity index (χ2v) is 19.8. The normalized spacial score (nSPS) is 28.9. The van der Waals surface area contributed by atoms with Crippen molar-refractivity contribution < 1.29 is 27.2 Å². The van der Waals surface area contributed by atoms with E-state index in [2.05, 4.69) is 60.4 Å². The first-order valence-electron chi connectivity index (χ1n) is 12.3. The molecular weight excluding hydrogens is 490 g/mol. The minimum absolute atomic E-state index is 0.224. The van der Waals surface area contributed by atoms with E-state index in [-0.39, 0.29) is 40.5 Å². The SMILES string of the molecule is COc1ccc([C@@H]2O[C@@H]3CO[Si](C(C)C)(C(C)C)O[Si](C(C)C)(C(C)C)O[C@H]3[C@H]2OC)c(Cl)n1. The number of pyridine rings is 1. The second-order valence-electron chi connectivity index (χ2n) is 10.6. The molecule has 1 aromatic rings. The molecule has 2 fully saturated rings. The standard InChI is InChI=1S/C24H42ClNO6Si2/c1-14(2)33(15(3)4)29-13-19-22(31-34(32-33,16(5)6)17(7)8)23(28-10)21(30-19)18-11-12-20(27-9)26-24(18)25/h11-12,14-17,19,21-23H,13H2,1-10H3/t19-,21+,22-,23+/m1/s1. The highest BCUT2D eigenvalue weighted by Crippen LogP contribution is 2.49. The molecule has 0 N–H and O–H groups in total. The Balaban J connectivity index is 2.09. The number of hydrogen-bond donors (Lipinski definition) is 0. The number of nitrogens with zero attached hydrogens (tertiary/aromatic N) is 1. The van der Waals surface area contributed by atoms with Gasteiger partial charge < -0.3 is 27.2 Å². The zero-order valence-corrected chi connectivity index (χ0v) is 25.0. The average Bonchev–Trinajstić information content (AvgIpc) is 3.08. The summed E-state index contributed by atoms with van der Waals surface area (Å²) in [7, 11) is -2.16. The van der Waals surface area contributed by atoms with Gasteiger partial charge in [0.05, 0.1) is 13.7 Å². The highest BCUT2D eigenvalue weighted by atomic mass is 35.5. The van der Waals surface area contributed by atoms with Crippen molar-refractivity contribution in [1.29, 1.82) is 0 Å². The molecule has 3 heterocycles. The summed E-state index contributed by atoms with van der Waals surface area (Å²) in [6.07, 6.45) is -1.45. The molecule has 0 saturated carbocycles. The highest BCUT2D eigenvalue weighted by molar-refractivity contribution is 6.84. The van der Waals surface area contributed by atoms with Gasteiger partial charge in [-0.2, -0.15) is 0 Å². The van der Waals surface area contributed by atoms with E-state index in [1.165, 1.54) is 0 Å². The molecule has 7 nitrogen and oxygen atoms in total. The van der Waals surface area contributed by atoms with Crippen molar-refractivity contribution in [3.8, 4) is 5.88 Å². The van der Waals surface area contributed by atoms with E-state index in [0.29, 0.717) is 17.6 Å². The summed E-state index contributed by atoms with van der Waals surface area (Å²) in [6, 6.07) is 3.67. The fourth-order valence-electron chi connectivity index (χ4n) is 5.40. The predicted octanol–water partition coefficient (Wildman–Crippen LogP) is 6.15. The lowest BCUT2D eigenvalue weighted by atomic mass is 10.0. The largest absolute Gasteiger partial charge is 0.481 e. The zero-order valence-electron chi connectivity index (χ0n) is 22.3. The Kier molecular flexibility index (Phi) is 8.94. The van der Waals surface area contributed by atoms with E-state index in [1.807, 2.05) is 6.07 Å². The summed E-state index contributed by atoms with van der Waals surface area (Å²) >= 11 is 6.55. The van der Waals surface area contributed by atoms with Crippen molar-refractivity contribution >= 4 is 28.7 Å². The smallest absolute Gasteiger partial charge is 0.335 e. The first-order chi connectivity index (χ1) is 15.9. The van der Waals surface area contributed by atoms with Crippen LogP contribution in [0.5, 0.6) is 5.88 Å². The number of hydrogen-bond acceptors (Lipinski definition) is 7. The Morgan fingerprint density at radius 2 is 1.53 bits per heavy atom. The van der Waals surface area contributed by atoms with E-state index < -0.39 is 23.2 Å². The number of ether oxygens (including phenoxy) is 3. The number of rotatable bonds is 7. The summed E-state index contributed by atoms with van der Waals surface area (Å²) in [5, 5.41) is 0.335. The number of aromatic nitrogens is 1. The van der Waals surface area contributed by atoms with Crippen molar-refractivity contribution in [3.05, 3.63) is 22.8 Å². The van der Waals surface area contributed by atoms with Gasteiger partial charge in [-0.25, -0.2) is 4.98 Å². The van der Waals surface area contributed by atoms with Crippen molar-refractivity contribution in [2.75, 3.05) is 20.8 Å². The molecule has 3 rings (SSSR count). The molecule has 10 heteroatoms. The first kappa shape index (κ1) is 28.1. The molecule has 0 spiro atoms. The second kappa shape index (κ2) is 10.8. The molecule has 2 aliphatic rings. The lowest BCUT2D eigenvalue weighted by molar-refractivity contribution is -0.0398. The van der Waals surface area contributed by atoms with Gasteiger partial charge >= 0.3 is 17.1 Å². The highest BCUT2D eigenvalue weighted by Gasteiger charge is 2.62. The molecule has 4 atom stereocenters. The van der Waals surface area contributed by atoms with Crippen LogP contribution in [0.3, 0.4) is 0 Å². The van der Waals surface area contributed by atoms with E-state index >= 15 is 0 Å². The Morgan fingerprint density at radius 1 is 0.941 bits per heavy atom. The summed E-state index contributed by atoms with van der Waals surface area (Å²) in [5.41, 5.74) is 1.74. The third-order valence-electron chi connectivity index (χ3n) is 7.28. The van der Waals surface area contributed by atoms with E-state index in [4.69, 9.17) is 38.8 Å². The van der Waals surface area contributed by atoms with Gasteiger partial charge in [0.1, 0.15) is 29.6 Å². The van der Waals surface area contributed by atoms with Crippen LogP contribution in [0.25, 0.3) is 0 Å². The number of methoxy groups -OCH3 is 2. The maximum Gasteiger partial charge on any atom is 0.335 e. The van der Waals surface area contributed by atoms with Crippen LogP contribution in [0.2, 0.25) is 27.3 Å². The molecule has 1 aromatic heterocycles. The Hall–Kier alpha value is -0.526. The quantitative estimate of drug-likeness (QED) is 0.308. The molecule has 0 radical (unpaired) electrons. The predicted molar refractivity (Wildman–Crippen MR) is 138 cm³/mol. The number of halogens is 1. The monoisotopic (exact) mass is 531 g/mol. The van der Waals surface area contributed by atoms with E-state index in [1.54, 1.807) is 20.3 Å². The van der Waals surface area contributed by atoms with Gasteiger partial charge in [-0.05, 0) is 28.2 Å². The van der Waals surface area contributed by atoms with Gasteiger partial charge in [0.15, 0.2) is 0 Å². The first-order valence-corrected chi connectivity index (χ1v) is 16.7. The lowest BCUT2D eigenvalue weighted by Crippen LogP contribution is -2.65. The molecule has 0 aliphatic carbocycles. The van der Waals surface area contributed by atoms with Crippen LogP contribution >= 0.6 is 11.6 Å². The van der Waals surface area contributed by atoms with Crippen LogP contribution in [0.4, 0.5) is 0 Å².